The van der Waals surface area contributed by atoms with E-state index in [9.17, 15) is 4.79 Å². The van der Waals surface area contributed by atoms with E-state index < -0.39 is 0 Å². The molecule has 0 saturated heterocycles. The zero-order valence-corrected chi connectivity index (χ0v) is 14.2. The number of nitrogens with zero attached hydrogens (tertiary/aromatic N) is 1. The standard InChI is InChI=1S/C21H24N2O/c1-22-21(24)12-6-7-15-23-16-19-10-3-2-8-17(19)13-14-18-9-4-5-11-20(18)23/h2-5,8-11,13-14H,6-7,12,15-16H2,1H3,(H,22,24)/b14-13-. The molecule has 24 heavy (non-hydrogen) atoms. The molecule has 0 bridgehead atoms. The summed E-state index contributed by atoms with van der Waals surface area (Å²) in [6.45, 7) is 1.85. The van der Waals surface area contributed by atoms with E-state index >= 15 is 0 Å². The van der Waals surface area contributed by atoms with Gasteiger partial charge in [-0.05, 0) is 35.6 Å². The molecule has 0 saturated carbocycles. The number of anilines is 1. The molecule has 0 aliphatic carbocycles. The molecule has 0 atom stereocenters. The minimum absolute atomic E-state index is 0.122. The second-order valence-electron chi connectivity index (χ2n) is 6.14. The van der Waals surface area contributed by atoms with Crippen molar-refractivity contribution in [3.8, 4) is 0 Å². The van der Waals surface area contributed by atoms with Crippen LogP contribution in [0.25, 0.3) is 12.2 Å². The van der Waals surface area contributed by atoms with E-state index in [2.05, 4.69) is 70.9 Å². The number of fused-ring (bicyclic) bond motifs is 2. The number of amides is 1. The molecule has 3 nitrogen and oxygen atoms in total. The van der Waals surface area contributed by atoms with Gasteiger partial charge in [-0.2, -0.15) is 0 Å². The summed E-state index contributed by atoms with van der Waals surface area (Å²) >= 11 is 0. The summed E-state index contributed by atoms with van der Waals surface area (Å²) in [5.41, 5.74) is 5.14. The molecule has 1 amide bonds. The normalized spacial score (nSPS) is 14.1. The minimum Gasteiger partial charge on any atom is -0.367 e. The van der Waals surface area contributed by atoms with Crippen LogP contribution in [-0.2, 0) is 11.3 Å². The molecule has 1 aliphatic rings. The molecular formula is C21H24N2O. The van der Waals surface area contributed by atoms with E-state index in [0.29, 0.717) is 6.42 Å². The third kappa shape index (κ3) is 3.85. The first kappa shape index (κ1) is 16.3. The smallest absolute Gasteiger partial charge is 0.219 e. The Morgan fingerprint density at radius 1 is 1.00 bits per heavy atom. The number of hydrogen-bond donors (Lipinski definition) is 1. The Labute approximate surface area is 144 Å². The maximum absolute atomic E-state index is 11.4. The predicted molar refractivity (Wildman–Crippen MR) is 101 cm³/mol. The molecule has 3 heteroatoms. The van der Waals surface area contributed by atoms with Crippen molar-refractivity contribution in [2.24, 2.45) is 0 Å². The lowest BCUT2D eigenvalue weighted by Crippen LogP contribution is -2.26. The molecule has 0 fully saturated rings. The van der Waals surface area contributed by atoms with Crippen LogP contribution in [0.2, 0.25) is 0 Å². The molecule has 2 aromatic carbocycles. The highest BCUT2D eigenvalue weighted by Crippen LogP contribution is 2.28. The van der Waals surface area contributed by atoms with Gasteiger partial charge < -0.3 is 10.2 Å². The molecule has 124 valence electrons. The van der Waals surface area contributed by atoms with Gasteiger partial charge in [0.05, 0.1) is 0 Å². The molecule has 2 aromatic rings. The first-order chi connectivity index (χ1) is 11.8. The van der Waals surface area contributed by atoms with Gasteiger partial charge in [-0.1, -0.05) is 54.6 Å². The lowest BCUT2D eigenvalue weighted by atomic mass is 10.0. The van der Waals surface area contributed by atoms with Crippen molar-refractivity contribution < 1.29 is 4.79 Å². The molecular weight excluding hydrogens is 296 g/mol. The largest absolute Gasteiger partial charge is 0.367 e. The number of benzene rings is 2. The SMILES string of the molecule is CNC(=O)CCCCN1Cc2ccccc2/C=C\c2ccccc21. The van der Waals surface area contributed by atoms with Gasteiger partial charge in [0.2, 0.25) is 5.91 Å². The van der Waals surface area contributed by atoms with Gasteiger partial charge in [0.15, 0.2) is 0 Å². The number of hydrogen-bond acceptors (Lipinski definition) is 2. The maximum Gasteiger partial charge on any atom is 0.219 e. The van der Waals surface area contributed by atoms with Crippen LogP contribution < -0.4 is 10.2 Å². The molecule has 1 N–H and O–H groups in total. The van der Waals surface area contributed by atoms with Gasteiger partial charge in [-0.15, -0.1) is 0 Å². The Kier molecular flexibility index (Phi) is 5.32. The highest BCUT2D eigenvalue weighted by Gasteiger charge is 2.14. The first-order valence-electron chi connectivity index (χ1n) is 8.58. The van der Waals surface area contributed by atoms with Gasteiger partial charge in [0.25, 0.3) is 0 Å². The Bertz CT molecular complexity index is 736. The van der Waals surface area contributed by atoms with E-state index in [1.807, 2.05) is 0 Å². The third-order valence-corrected chi connectivity index (χ3v) is 4.50. The summed E-state index contributed by atoms with van der Waals surface area (Å²) in [6.07, 6.45) is 6.92. The van der Waals surface area contributed by atoms with Gasteiger partial charge >= 0.3 is 0 Å². The maximum atomic E-state index is 11.4. The highest BCUT2D eigenvalue weighted by molar-refractivity contribution is 5.79. The van der Waals surface area contributed by atoms with Crippen molar-refractivity contribution in [1.82, 2.24) is 5.32 Å². The number of carbonyl (C=O) groups excluding carboxylic acids is 1. The van der Waals surface area contributed by atoms with E-state index in [-0.39, 0.29) is 5.91 Å². The Balaban J connectivity index is 1.79. The van der Waals surface area contributed by atoms with Crippen LogP contribution in [-0.4, -0.2) is 19.5 Å². The second-order valence-corrected chi connectivity index (χ2v) is 6.14. The highest BCUT2D eigenvalue weighted by atomic mass is 16.1. The lowest BCUT2D eigenvalue weighted by Gasteiger charge is -2.28. The zero-order chi connectivity index (χ0) is 16.8. The molecule has 0 spiro atoms. The Morgan fingerprint density at radius 3 is 2.54 bits per heavy atom. The number of unbranched alkanes of at least 4 members (excludes halogenated alkanes) is 1. The lowest BCUT2D eigenvalue weighted by molar-refractivity contribution is -0.120. The third-order valence-electron chi connectivity index (χ3n) is 4.50. The summed E-state index contributed by atoms with van der Waals surface area (Å²) in [5.74, 6) is 0.122. The summed E-state index contributed by atoms with van der Waals surface area (Å²) in [7, 11) is 1.69. The van der Waals surface area contributed by atoms with Crippen LogP contribution >= 0.6 is 0 Å². The second kappa shape index (κ2) is 7.82. The number of rotatable bonds is 5. The van der Waals surface area contributed by atoms with Crippen molar-refractivity contribution in [2.45, 2.75) is 25.8 Å². The molecule has 1 heterocycles. The Morgan fingerprint density at radius 2 is 1.71 bits per heavy atom. The van der Waals surface area contributed by atoms with Gasteiger partial charge in [0.1, 0.15) is 0 Å². The average molecular weight is 320 g/mol. The van der Waals surface area contributed by atoms with Crippen molar-refractivity contribution in [2.75, 3.05) is 18.5 Å². The predicted octanol–water partition coefficient (Wildman–Crippen LogP) is 4.09. The van der Waals surface area contributed by atoms with E-state index in [1.54, 1.807) is 7.05 Å². The molecule has 1 aliphatic heterocycles. The summed E-state index contributed by atoms with van der Waals surface area (Å²) < 4.78 is 0. The summed E-state index contributed by atoms with van der Waals surface area (Å²) in [4.78, 5) is 13.8. The van der Waals surface area contributed by atoms with Crippen molar-refractivity contribution in [3.05, 3.63) is 65.2 Å². The van der Waals surface area contributed by atoms with Gasteiger partial charge in [-0.3, -0.25) is 4.79 Å². The van der Waals surface area contributed by atoms with Crippen LogP contribution in [0, 0.1) is 0 Å². The molecule has 0 aromatic heterocycles. The van der Waals surface area contributed by atoms with Crippen molar-refractivity contribution in [1.29, 1.82) is 0 Å². The Hall–Kier alpha value is -2.55. The number of para-hydroxylation sites is 1. The topological polar surface area (TPSA) is 32.3 Å². The fourth-order valence-corrected chi connectivity index (χ4v) is 3.14. The number of carbonyl (C=O) groups is 1. The van der Waals surface area contributed by atoms with Crippen LogP contribution in [0.5, 0.6) is 0 Å². The van der Waals surface area contributed by atoms with Crippen LogP contribution in [0.4, 0.5) is 5.69 Å². The molecule has 0 unspecified atom stereocenters. The fourth-order valence-electron chi connectivity index (χ4n) is 3.14. The van der Waals surface area contributed by atoms with Gasteiger partial charge in [0, 0.05) is 32.2 Å². The average Bonchev–Trinajstić information content (AvgIpc) is 2.61. The quantitative estimate of drug-likeness (QED) is 0.842. The van der Waals surface area contributed by atoms with Crippen LogP contribution in [0.15, 0.2) is 48.5 Å². The summed E-state index contributed by atoms with van der Waals surface area (Å²) in [6, 6.07) is 17.1. The van der Waals surface area contributed by atoms with E-state index in [0.717, 1.165) is 25.9 Å². The molecule has 3 rings (SSSR count). The van der Waals surface area contributed by atoms with Crippen LogP contribution in [0.3, 0.4) is 0 Å². The zero-order valence-electron chi connectivity index (χ0n) is 14.2. The minimum atomic E-state index is 0.122. The fraction of sp³-hybridized carbons (Fsp3) is 0.286. The summed E-state index contributed by atoms with van der Waals surface area (Å²) in [5, 5.41) is 2.69. The first-order valence-corrected chi connectivity index (χ1v) is 8.58. The van der Waals surface area contributed by atoms with Crippen molar-refractivity contribution in [3.63, 3.8) is 0 Å². The number of nitrogens with one attached hydrogen (secondary N) is 1. The van der Waals surface area contributed by atoms with Crippen molar-refractivity contribution >= 4 is 23.7 Å². The molecule has 0 radical (unpaired) electrons. The van der Waals surface area contributed by atoms with E-state index in [1.165, 1.54) is 22.4 Å². The van der Waals surface area contributed by atoms with E-state index in [4.69, 9.17) is 0 Å². The van der Waals surface area contributed by atoms with Crippen LogP contribution in [0.1, 0.15) is 36.0 Å². The van der Waals surface area contributed by atoms with Gasteiger partial charge in [-0.25, -0.2) is 0 Å². The monoisotopic (exact) mass is 320 g/mol.